The van der Waals surface area contributed by atoms with Crippen LogP contribution in [0.15, 0.2) is 23.8 Å². The molecule has 3 fully saturated rings. The summed E-state index contributed by atoms with van der Waals surface area (Å²) in [6, 6.07) is 0. The lowest BCUT2D eigenvalue weighted by molar-refractivity contribution is -0.119. The van der Waals surface area contributed by atoms with E-state index in [1.807, 2.05) is 13.0 Å². The lowest BCUT2D eigenvalue weighted by Crippen LogP contribution is -2.50. The summed E-state index contributed by atoms with van der Waals surface area (Å²) in [5.41, 5.74) is 1.66. The predicted molar refractivity (Wildman–Crippen MR) is 100 cm³/mol. The van der Waals surface area contributed by atoms with E-state index >= 15 is 0 Å². The van der Waals surface area contributed by atoms with Crippen LogP contribution in [0.3, 0.4) is 0 Å². The number of carbonyl (C=O) groups excluding carboxylic acids is 2. The molecule has 0 radical (unpaired) electrons. The Kier molecular flexibility index (Phi) is 4.07. The summed E-state index contributed by atoms with van der Waals surface area (Å²) in [6.07, 6.45) is 12.9. The van der Waals surface area contributed by atoms with Crippen LogP contribution in [0.1, 0.15) is 59.3 Å². The van der Waals surface area contributed by atoms with Crippen molar-refractivity contribution in [3.05, 3.63) is 23.8 Å². The van der Waals surface area contributed by atoms with Crippen molar-refractivity contribution in [2.45, 2.75) is 59.3 Å². The van der Waals surface area contributed by atoms with Crippen LogP contribution in [0.2, 0.25) is 0 Å². The lowest BCUT2D eigenvalue weighted by Gasteiger charge is -2.57. The van der Waals surface area contributed by atoms with E-state index in [0.717, 1.165) is 12.8 Å². The first-order chi connectivity index (χ1) is 11.8. The molecule has 4 aliphatic carbocycles. The van der Waals surface area contributed by atoms with Crippen LogP contribution in [0.5, 0.6) is 0 Å². The summed E-state index contributed by atoms with van der Waals surface area (Å²) in [5.74, 6) is 2.59. The highest BCUT2D eigenvalue weighted by atomic mass is 35.5. The topological polar surface area (TPSA) is 34.1 Å². The van der Waals surface area contributed by atoms with Gasteiger partial charge in [-0.3, -0.25) is 9.59 Å². The van der Waals surface area contributed by atoms with Crippen LogP contribution in [-0.4, -0.2) is 11.0 Å². The molecule has 0 saturated heterocycles. The van der Waals surface area contributed by atoms with E-state index in [0.29, 0.717) is 23.7 Å². The van der Waals surface area contributed by atoms with Crippen molar-refractivity contribution in [3.8, 4) is 0 Å². The molecule has 0 heterocycles. The Balaban J connectivity index is 1.65. The van der Waals surface area contributed by atoms with Crippen molar-refractivity contribution in [1.82, 2.24) is 0 Å². The maximum absolute atomic E-state index is 11.8. The van der Waals surface area contributed by atoms with Gasteiger partial charge in [0.15, 0.2) is 5.78 Å². The van der Waals surface area contributed by atoms with Crippen LogP contribution < -0.4 is 0 Å². The molecule has 2 nitrogen and oxygen atoms in total. The number of carbonyl (C=O) groups is 2. The average molecular weight is 361 g/mol. The van der Waals surface area contributed by atoms with Gasteiger partial charge < -0.3 is 0 Å². The zero-order valence-electron chi connectivity index (χ0n) is 15.6. The minimum absolute atomic E-state index is 0.0324. The highest BCUT2D eigenvalue weighted by Crippen LogP contribution is 2.66. The van der Waals surface area contributed by atoms with Gasteiger partial charge in [-0.1, -0.05) is 32.4 Å². The van der Waals surface area contributed by atoms with E-state index in [2.05, 4.69) is 19.9 Å². The van der Waals surface area contributed by atoms with E-state index in [1.54, 1.807) is 6.08 Å². The molecule has 7 atom stereocenters. The SMILES string of the molecule is CC(C(=O)Cl)[C@H]1CCC2C3CCC4=CC(=O)C=C[C@]4(C)C3CC[C@@]21C. The fourth-order valence-corrected chi connectivity index (χ4v) is 7.37. The molecule has 3 heteroatoms. The summed E-state index contributed by atoms with van der Waals surface area (Å²) in [4.78, 5) is 23.6. The third kappa shape index (κ3) is 2.43. The molecular formula is C22H29ClO2. The Bertz CT molecular complexity index is 678. The van der Waals surface area contributed by atoms with Gasteiger partial charge in [0.05, 0.1) is 0 Å². The molecule has 0 spiro atoms. The largest absolute Gasteiger partial charge is 0.290 e. The monoisotopic (exact) mass is 360 g/mol. The van der Waals surface area contributed by atoms with Gasteiger partial charge in [0.2, 0.25) is 5.24 Å². The van der Waals surface area contributed by atoms with Gasteiger partial charge in [-0.15, -0.1) is 0 Å². The first kappa shape index (κ1) is 17.5. The number of hydrogen-bond donors (Lipinski definition) is 0. The summed E-state index contributed by atoms with van der Waals surface area (Å²) in [5, 5.41) is -0.163. The Morgan fingerprint density at radius 2 is 1.96 bits per heavy atom. The quantitative estimate of drug-likeness (QED) is 0.625. The fraction of sp³-hybridized carbons (Fsp3) is 0.727. The van der Waals surface area contributed by atoms with Crippen molar-refractivity contribution >= 4 is 22.6 Å². The van der Waals surface area contributed by atoms with Gasteiger partial charge in [-0.05, 0) is 91.4 Å². The van der Waals surface area contributed by atoms with Crippen molar-refractivity contribution < 1.29 is 9.59 Å². The lowest BCUT2D eigenvalue weighted by atomic mass is 9.47. The zero-order valence-corrected chi connectivity index (χ0v) is 16.3. The van der Waals surface area contributed by atoms with Gasteiger partial charge in [-0.2, -0.15) is 0 Å². The van der Waals surface area contributed by atoms with E-state index in [4.69, 9.17) is 11.6 Å². The van der Waals surface area contributed by atoms with Gasteiger partial charge in [-0.25, -0.2) is 0 Å². The highest BCUT2D eigenvalue weighted by molar-refractivity contribution is 6.63. The first-order valence-corrected chi connectivity index (χ1v) is 10.3. The minimum Gasteiger partial charge on any atom is -0.290 e. The Labute approximate surface area is 156 Å². The van der Waals surface area contributed by atoms with Gasteiger partial charge in [0.1, 0.15) is 0 Å². The first-order valence-electron chi connectivity index (χ1n) is 9.91. The van der Waals surface area contributed by atoms with Crippen LogP contribution >= 0.6 is 11.6 Å². The van der Waals surface area contributed by atoms with Crippen LogP contribution in [0.25, 0.3) is 0 Å². The van der Waals surface area contributed by atoms with Crippen LogP contribution in [0, 0.1) is 40.4 Å². The minimum atomic E-state index is -0.163. The van der Waals surface area contributed by atoms with E-state index in [1.165, 1.54) is 31.3 Å². The standard InChI is InChI=1S/C22H29ClO2/c1-13(20(23)25)17-6-7-18-16-5-4-14-12-15(24)8-10-21(14,2)19(16)9-11-22(17,18)3/h8,10,12-13,16-19H,4-7,9,11H2,1-3H3/t13?,16?,17-,18?,19?,21+,22-/m1/s1. The molecule has 4 rings (SSSR count). The van der Waals surface area contributed by atoms with E-state index < -0.39 is 0 Å². The molecular weight excluding hydrogens is 332 g/mol. The molecule has 0 bridgehead atoms. The maximum Gasteiger partial charge on any atom is 0.224 e. The van der Waals surface area contributed by atoms with Crippen molar-refractivity contribution in [1.29, 1.82) is 0 Å². The number of allylic oxidation sites excluding steroid dienone is 4. The Morgan fingerprint density at radius 1 is 1.20 bits per heavy atom. The molecule has 0 N–H and O–H groups in total. The maximum atomic E-state index is 11.8. The number of ketones is 1. The predicted octanol–water partition coefficient (Wildman–Crippen LogP) is 5.31. The molecule has 0 amide bonds. The Hall–Kier alpha value is -0.890. The molecule has 0 aliphatic heterocycles. The molecule has 25 heavy (non-hydrogen) atoms. The van der Waals surface area contributed by atoms with Crippen LogP contribution in [-0.2, 0) is 9.59 Å². The zero-order chi connectivity index (χ0) is 18.0. The normalized spacial score (nSPS) is 46.7. The molecule has 3 saturated carbocycles. The molecule has 0 aromatic rings. The summed E-state index contributed by atoms with van der Waals surface area (Å²) in [7, 11) is 0. The number of fused-ring (bicyclic) bond motifs is 5. The van der Waals surface area contributed by atoms with E-state index in [9.17, 15) is 9.59 Å². The molecule has 4 unspecified atom stereocenters. The van der Waals surface area contributed by atoms with Crippen molar-refractivity contribution in [3.63, 3.8) is 0 Å². The molecule has 4 aliphatic rings. The second kappa shape index (κ2) is 5.81. The second-order valence-electron chi connectivity index (χ2n) is 9.42. The number of rotatable bonds is 2. The smallest absolute Gasteiger partial charge is 0.224 e. The van der Waals surface area contributed by atoms with Crippen molar-refractivity contribution in [2.24, 2.45) is 40.4 Å². The molecule has 136 valence electrons. The van der Waals surface area contributed by atoms with Gasteiger partial charge >= 0.3 is 0 Å². The third-order valence-electron chi connectivity index (χ3n) is 8.59. The van der Waals surface area contributed by atoms with Crippen LogP contribution in [0.4, 0.5) is 0 Å². The summed E-state index contributed by atoms with van der Waals surface area (Å²) in [6.45, 7) is 6.80. The highest BCUT2D eigenvalue weighted by Gasteiger charge is 2.59. The number of halogens is 1. The molecule has 0 aromatic carbocycles. The molecule has 0 aromatic heterocycles. The average Bonchev–Trinajstić information content (AvgIpc) is 2.92. The van der Waals surface area contributed by atoms with Crippen molar-refractivity contribution in [2.75, 3.05) is 0 Å². The van der Waals surface area contributed by atoms with Gasteiger partial charge in [0.25, 0.3) is 0 Å². The number of hydrogen-bond acceptors (Lipinski definition) is 2. The van der Waals surface area contributed by atoms with E-state index in [-0.39, 0.29) is 27.8 Å². The van der Waals surface area contributed by atoms with Gasteiger partial charge in [0, 0.05) is 11.3 Å². The summed E-state index contributed by atoms with van der Waals surface area (Å²) < 4.78 is 0. The second-order valence-corrected chi connectivity index (χ2v) is 9.80. The Morgan fingerprint density at radius 3 is 2.68 bits per heavy atom. The third-order valence-corrected chi connectivity index (χ3v) is 8.94. The summed E-state index contributed by atoms with van der Waals surface area (Å²) >= 11 is 5.88. The fourth-order valence-electron chi connectivity index (χ4n) is 7.22.